The predicted octanol–water partition coefficient (Wildman–Crippen LogP) is 3.77. The number of ether oxygens (including phenoxy) is 1. The molecule has 0 bridgehead atoms. The van der Waals surface area contributed by atoms with Crippen LogP contribution in [0.4, 0.5) is 4.79 Å². The Kier molecular flexibility index (Phi) is 5.06. The maximum atomic E-state index is 12.1. The van der Waals surface area contributed by atoms with Crippen molar-refractivity contribution < 1.29 is 13.9 Å². The molecule has 0 aliphatic carbocycles. The zero-order valence-electron chi connectivity index (χ0n) is 15.1. The molecule has 1 fully saturated rings. The molecule has 1 amide bonds. The lowest BCUT2D eigenvalue weighted by Crippen LogP contribution is -2.41. The molecule has 0 unspecified atom stereocenters. The molecule has 1 aromatic carbocycles. The third-order valence-corrected chi connectivity index (χ3v) is 4.18. The van der Waals surface area contributed by atoms with E-state index in [1.807, 2.05) is 51.1 Å². The average Bonchev–Trinajstić information content (AvgIpc) is 3.03. The number of carbonyl (C=O) groups excluding carboxylic acids is 1. The summed E-state index contributed by atoms with van der Waals surface area (Å²) in [4.78, 5) is 13.9. The van der Waals surface area contributed by atoms with Crippen LogP contribution in [0.25, 0.3) is 0 Å². The van der Waals surface area contributed by atoms with Gasteiger partial charge in [-0.2, -0.15) is 0 Å². The van der Waals surface area contributed by atoms with Crippen molar-refractivity contribution in [1.82, 2.24) is 15.1 Å². The molecule has 2 aromatic rings. The monoisotopic (exact) mass is 343 g/mol. The summed E-state index contributed by atoms with van der Waals surface area (Å²) in [7, 11) is 0. The Morgan fingerprint density at radius 3 is 2.52 bits per heavy atom. The molecule has 3 rings (SSSR count). The van der Waals surface area contributed by atoms with E-state index in [1.54, 1.807) is 4.90 Å². The van der Waals surface area contributed by atoms with Crippen molar-refractivity contribution in [2.45, 2.75) is 51.6 Å². The highest BCUT2D eigenvalue weighted by Crippen LogP contribution is 2.28. The van der Waals surface area contributed by atoms with Crippen LogP contribution in [-0.2, 0) is 11.2 Å². The van der Waals surface area contributed by atoms with Gasteiger partial charge in [0.1, 0.15) is 5.60 Å². The molecule has 0 atom stereocenters. The van der Waals surface area contributed by atoms with Crippen molar-refractivity contribution in [3.05, 3.63) is 47.7 Å². The molecule has 1 aliphatic heterocycles. The Hall–Kier alpha value is -2.37. The highest BCUT2D eigenvalue weighted by Gasteiger charge is 2.29. The third kappa shape index (κ3) is 4.81. The van der Waals surface area contributed by atoms with Crippen LogP contribution >= 0.6 is 0 Å². The number of amides is 1. The summed E-state index contributed by atoms with van der Waals surface area (Å²) >= 11 is 0. The second kappa shape index (κ2) is 7.25. The van der Waals surface area contributed by atoms with Gasteiger partial charge in [-0.3, -0.25) is 0 Å². The van der Waals surface area contributed by atoms with Crippen LogP contribution in [0.2, 0.25) is 0 Å². The number of aromatic nitrogens is 2. The van der Waals surface area contributed by atoms with E-state index in [4.69, 9.17) is 9.15 Å². The molecule has 1 aromatic heterocycles. The first-order valence-corrected chi connectivity index (χ1v) is 8.75. The summed E-state index contributed by atoms with van der Waals surface area (Å²) < 4.78 is 11.3. The van der Waals surface area contributed by atoms with Crippen molar-refractivity contribution >= 4 is 6.09 Å². The fourth-order valence-corrected chi connectivity index (χ4v) is 2.91. The first-order valence-electron chi connectivity index (χ1n) is 8.75. The van der Waals surface area contributed by atoms with Crippen LogP contribution in [0.1, 0.15) is 56.9 Å². The predicted molar refractivity (Wildman–Crippen MR) is 93.3 cm³/mol. The number of benzene rings is 1. The summed E-state index contributed by atoms with van der Waals surface area (Å²) in [5, 5.41) is 8.38. The van der Waals surface area contributed by atoms with Gasteiger partial charge in [0.15, 0.2) is 0 Å². The number of nitrogens with zero attached hydrogens (tertiary/aromatic N) is 3. The van der Waals surface area contributed by atoms with Gasteiger partial charge in [-0.25, -0.2) is 4.79 Å². The second-order valence-electron chi connectivity index (χ2n) is 7.44. The van der Waals surface area contributed by atoms with Gasteiger partial charge in [0.25, 0.3) is 0 Å². The zero-order chi connectivity index (χ0) is 17.9. The normalized spacial score (nSPS) is 16.0. The molecule has 6 nitrogen and oxygen atoms in total. The number of rotatable bonds is 3. The molecule has 0 radical (unpaired) electrons. The number of hydrogen-bond donors (Lipinski definition) is 0. The molecule has 25 heavy (non-hydrogen) atoms. The first-order chi connectivity index (χ1) is 11.9. The van der Waals surface area contributed by atoms with E-state index in [1.165, 1.54) is 0 Å². The zero-order valence-corrected chi connectivity index (χ0v) is 15.1. The van der Waals surface area contributed by atoms with Crippen molar-refractivity contribution in [1.29, 1.82) is 0 Å². The Morgan fingerprint density at radius 1 is 1.20 bits per heavy atom. The lowest BCUT2D eigenvalue weighted by Gasteiger charge is -2.32. The SMILES string of the molecule is CC(C)(C)OC(=O)N1CCC(c2nnc(Cc3ccccc3)o2)CC1. The largest absolute Gasteiger partial charge is 0.444 e. The van der Waals surface area contributed by atoms with E-state index in [0.717, 1.165) is 18.4 Å². The van der Waals surface area contributed by atoms with Crippen molar-refractivity contribution in [2.75, 3.05) is 13.1 Å². The molecule has 1 aliphatic rings. The first kappa shape index (κ1) is 17.5. The second-order valence-corrected chi connectivity index (χ2v) is 7.44. The minimum atomic E-state index is -0.466. The Bertz CT molecular complexity index is 698. The van der Waals surface area contributed by atoms with Crippen LogP contribution in [0.15, 0.2) is 34.7 Å². The fourth-order valence-electron chi connectivity index (χ4n) is 2.91. The highest BCUT2D eigenvalue weighted by atomic mass is 16.6. The standard InChI is InChI=1S/C19H25N3O3/c1-19(2,3)25-18(23)22-11-9-15(10-12-22)17-21-20-16(24-17)13-14-7-5-4-6-8-14/h4-8,15H,9-13H2,1-3H3. The van der Waals surface area contributed by atoms with Gasteiger partial charge in [0, 0.05) is 19.0 Å². The van der Waals surface area contributed by atoms with E-state index >= 15 is 0 Å². The van der Waals surface area contributed by atoms with Crippen molar-refractivity contribution in [3.8, 4) is 0 Å². The Balaban J connectivity index is 1.54. The van der Waals surface area contributed by atoms with E-state index in [2.05, 4.69) is 10.2 Å². The Labute approximate surface area is 148 Å². The molecule has 2 heterocycles. The van der Waals surface area contributed by atoms with Crippen LogP contribution in [-0.4, -0.2) is 39.9 Å². The van der Waals surface area contributed by atoms with E-state index in [-0.39, 0.29) is 12.0 Å². The van der Waals surface area contributed by atoms with Gasteiger partial charge in [-0.05, 0) is 39.2 Å². The molecular weight excluding hydrogens is 318 g/mol. The van der Waals surface area contributed by atoms with Gasteiger partial charge in [-0.15, -0.1) is 10.2 Å². The number of piperidine rings is 1. The van der Waals surface area contributed by atoms with Gasteiger partial charge in [0.2, 0.25) is 11.8 Å². The van der Waals surface area contributed by atoms with Crippen molar-refractivity contribution in [2.24, 2.45) is 0 Å². The van der Waals surface area contributed by atoms with Gasteiger partial charge in [0.05, 0.1) is 6.42 Å². The number of hydrogen-bond acceptors (Lipinski definition) is 5. The highest BCUT2D eigenvalue weighted by molar-refractivity contribution is 5.68. The van der Waals surface area contributed by atoms with Crippen LogP contribution in [0, 0.1) is 0 Å². The Morgan fingerprint density at radius 2 is 1.88 bits per heavy atom. The lowest BCUT2D eigenvalue weighted by molar-refractivity contribution is 0.0199. The summed E-state index contributed by atoms with van der Waals surface area (Å²) in [5.41, 5.74) is 0.685. The van der Waals surface area contributed by atoms with Crippen molar-refractivity contribution in [3.63, 3.8) is 0 Å². The maximum absolute atomic E-state index is 12.1. The molecule has 6 heteroatoms. The topological polar surface area (TPSA) is 68.5 Å². The van der Waals surface area contributed by atoms with E-state index in [0.29, 0.717) is 31.3 Å². The number of carbonyl (C=O) groups is 1. The minimum absolute atomic E-state index is 0.204. The van der Waals surface area contributed by atoms with Crippen LogP contribution < -0.4 is 0 Å². The molecule has 1 saturated heterocycles. The van der Waals surface area contributed by atoms with Gasteiger partial charge in [-0.1, -0.05) is 30.3 Å². The maximum Gasteiger partial charge on any atom is 0.410 e. The molecule has 0 saturated carbocycles. The molecule has 0 N–H and O–H groups in total. The van der Waals surface area contributed by atoms with Gasteiger partial charge < -0.3 is 14.1 Å². The summed E-state index contributed by atoms with van der Waals surface area (Å²) in [6.07, 6.45) is 2.02. The smallest absolute Gasteiger partial charge is 0.410 e. The molecular formula is C19H25N3O3. The van der Waals surface area contributed by atoms with Gasteiger partial charge >= 0.3 is 6.09 Å². The lowest BCUT2D eigenvalue weighted by atomic mass is 9.97. The number of likely N-dealkylation sites (tertiary alicyclic amines) is 1. The van der Waals surface area contributed by atoms with Crippen LogP contribution in [0.5, 0.6) is 0 Å². The van der Waals surface area contributed by atoms with E-state index < -0.39 is 5.60 Å². The fraction of sp³-hybridized carbons (Fsp3) is 0.526. The summed E-state index contributed by atoms with van der Waals surface area (Å²) in [5.74, 6) is 1.52. The molecule has 134 valence electrons. The quantitative estimate of drug-likeness (QED) is 0.848. The molecule has 0 spiro atoms. The summed E-state index contributed by atoms with van der Waals surface area (Å²) in [6.45, 7) is 6.94. The average molecular weight is 343 g/mol. The van der Waals surface area contributed by atoms with E-state index in [9.17, 15) is 4.79 Å². The summed E-state index contributed by atoms with van der Waals surface area (Å²) in [6, 6.07) is 10.1. The minimum Gasteiger partial charge on any atom is -0.444 e. The van der Waals surface area contributed by atoms with Crippen LogP contribution in [0.3, 0.4) is 0 Å². The third-order valence-electron chi connectivity index (χ3n) is 4.18.